The second-order valence-electron chi connectivity index (χ2n) is 9.40. The number of hydrogen-bond acceptors (Lipinski definition) is 5. The van der Waals surface area contributed by atoms with Gasteiger partial charge < -0.3 is 29.5 Å². The second-order valence-corrected chi connectivity index (χ2v) is 9.40. The van der Waals surface area contributed by atoms with Gasteiger partial charge >= 0.3 is 18.4 Å². The van der Waals surface area contributed by atoms with Gasteiger partial charge in [0, 0.05) is 19.6 Å². The Morgan fingerprint density at radius 3 is 2.41 bits per heavy atom. The van der Waals surface area contributed by atoms with Gasteiger partial charge in [-0.15, -0.1) is 13.2 Å². The van der Waals surface area contributed by atoms with Crippen LogP contribution in [0.3, 0.4) is 0 Å². The largest absolute Gasteiger partial charge is 0.573 e. The number of halogens is 3. The van der Waals surface area contributed by atoms with Gasteiger partial charge in [0.2, 0.25) is 0 Å². The predicted molar refractivity (Wildman–Crippen MR) is 139 cm³/mol. The molecule has 0 aromatic heterocycles. The molecule has 11 heteroatoms. The van der Waals surface area contributed by atoms with E-state index in [0.29, 0.717) is 24.8 Å². The molecule has 0 heterocycles. The number of hydrogen-bond donors (Lipinski definition) is 2. The van der Waals surface area contributed by atoms with Crippen molar-refractivity contribution in [2.75, 3.05) is 31.6 Å². The van der Waals surface area contributed by atoms with Gasteiger partial charge in [0.1, 0.15) is 12.4 Å². The van der Waals surface area contributed by atoms with Gasteiger partial charge in [-0.2, -0.15) is 0 Å². The summed E-state index contributed by atoms with van der Waals surface area (Å²) in [4.78, 5) is 26.0. The molecule has 1 unspecified atom stereocenters. The van der Waals surface area contributed by atoms with E-state index in [1.165, 1.54) is 18.2 Å². The van der Waals surface area contributed by atoms with Crippen LogP contribution in [0.1, 0.15) is 44.6 Å². The van der Waals surface area contributed by atoms with Crippen LogP contribution in [0.5, 0.6) is 11.5 Å². The minimum atomic E-state index is -4.89. The molecule has 1 aliphatic carbocycles. The Labute approximate surface area is 226 Å². The minimum absolute atomic E-state index is 0.0725. The number of nitrogens with zero attached hydrogens (tertiary/aromatic N) is 1. The third kappa shape index (κ3) is 10.3. The summed E-state index contributed by atoms with van der Waals surface area (Å²) in [7, 11) is 0. The average molecular weight is 553 g/mol. The number of carbonyl (C=O) groups is 2. The van der Waals surface area contributed by atoms with Crippen molar-refractivity contribution in [3.05, 3.63) is 54.1 Å². The van der Waals surface area contributed by atoms with Crippen molar-refractivity contribution in [1.29, 1.82) is 0 Å². The molecule has 2 aromatic rings. The fraction of sp³-hybridized carbons (Fsp3) is 0.500. The van der Waals surface area contributed by atoms with Crippen LogP contribution in [0.15, 0.2) is 48.5 Å². The summed E-state index contributed by atoms with van der Waals surface area (Å²) < 4.78 is 53.6. The molecule has 3 rings (SSSR count). The zero-order valence-corrected chi connectivity index (χ0v) is 21.9. The van der Waals surface area contributed by atoms with E-state index in [-0.39, 0.29) is 25.3 Å². The van der Waals surface area contributed by atoms with Crippen molar-refractivity contribution in [2.24, 2.45) is 5.92 Å². The highest BCUT2D eigenvalue weighted by atomic mass is 19.4. The number of carbonyl (C=O) groups excluding carboxylic acids is 1. The Hall–Kier alpha value is -3.47. The van der Waals surface area contributed by atoms with E-state index >= 15 is 0 Å². The molecule has 0 spiro atoms. The summed E-state index contributed by atoms with van der Waals surface area (Å²) in [6.45, 7) is 2.88. The highest BCUT2D eigenvalue weighted by Gasteiger charge is 2.32. The zero-order chi connectivity index (χ0) is 28.3. The van der Waals surface area contributed by atoms with Crippen molar-refractivity contribution in [1.82, 2.24) is 4.90 Å². The Bertz CT molecular complexity index is 1060. The Kier molecular flexibility index (Phi) is 11.3. The maximum Gasteiger partial charge on any atom is 0.573 e. The Morgan fingerprint density at radius 1 is 1.08 bits per heavy atom. The number of nitrogens with one attached hydrogen (secondary N) is 1. The van der Waals surface area contributed by atoms with Crippen LogP contribution in [-0.4, -0.2) is 60.8 Å². The maximum absolute atomic E-state index is 13.2. The van der Waals surface area contributed by atoms with E-state index in [9.17, 15) is 27.9 Å². The Balaban J connectivity index is 1.62. The third-order valence-corrected chi connectivity index (χ3v) is 6.46. The summed E-state index contributed by atoms with van der Waals surface area (Å²) >= 11 is 0. The Morgan fingerprint density at radius 2 is 1.77 bits per heavy atom. The van der Waals surface area contributed by atoms with E-state index in [2.05, 4.69) is 10.1 Å². The summed E-state index contributed by atoms with van der Waals surface area (Å²) in [6, 6.07) is 11.8. The summed E-state index contributed by atoms with van der Waals surface area (Å²) in [5, 5.41) is 11.8. The second kappa shape index (κ2) is 14.6. The van der Waals surface area contributed by atoms with Gasteiger partial charge in [-0.05, 0) is 55.5 Å². The normalized spacial score (nSPS) is 14.9. The quantitative estimate of drug-likeness (QED) is 0.311. The number of benzene rings is 2. The monoisotopic (exact) mass is 552 g/mol. The van der Waals surface area contributed by atoms with Crippen LogP contribution in [0.4, 0.5) is 23.7 Å². The predicted octanol–water partition coefficient (Wildman–Crippen LogP) is 6.11. The SMILES string of the molecule is CCOC(Cc1ccc(OCCN(CC2CCCCC2)C(=O)Nc2ccccc2OC(F)(F)F)cc1)C(=O)O. The van der Waals surface area contributed by atoms with Gasteiger partial charge in [0.05, 0.1) is 12.2 Å². The fourth-order valence-electron chi connectivity index (χ4n) is 4.56. The van der Waals surface area contributed by atoms with Crippen LogP contribution >= 0.6 is 0 Å². The highest BCUT2D eigenvalue weighted by Crippen LogP contribution is 2.30. The summed E-state index contributed by atoms with van der Waals surface area (Å²) in [5.41, 5.74) is 0.706. The number of aliphatic carboxylic acids is 1. The first kappa shape index (κ1) is 30.1. The lowest BCUT2D eigenvalue weighted by molar-refractivity contribution is -0.274. The highest BCUT2D eigenvalue weighted by molar-refractivity contribution is 5.91. The standard InChI is InChI=1S/C28H35F3N2O6/c1-2-37-25(26(34)35)18-20-12-14-22(15-13-20)38-17-16-33(19-21-8-4-3-5-9-21)27(36)32-23-10-6-7-11-24(23)39-28(29,30)31/h6-7,10-15,21,25H,2-5,8-9,16-19H2,1H3,(H,32,36)(H,34,35). The molecule has 1 saturated carbocycles. The molecular formula is C28H35F3N2O6. The minimum Gasteiger partial charge on any atom is -0.492 e. The molecular weight excluding hydrogens is 517 g/mol. The van der Waals surface area contributed by atoms with Crippen molar-refractivity contribution in [2.45, 2.75) is 57.9 Å². The number of alkyl halides is 3. The molecule has 2 N–H and O–H groups in total. The average Bonchev–Trinajstić information content (AvgIpc) is 2.89. The smallest absolute Gasteiger partial charge is 0.492 e. The molecule has 39 heavy (non-hydrogen) atoms. The molecule has 0 saturated heterocycles. The van der Waals surface area contributed by atoms with Crippen LogP contribution in [0, 0.1) is 5.92 Å². The summed E-state index contributed by atoms with van der Waals surface area (Å²) in [5.74, 6) is -0.662. The molecule has 1 aliphatic rings. The molecule has 2 aromatic carbocycles. The van der Waals surface area contributed by atoms with Gasteiger partial charge in [0.15, 0.2) is 11.9 Å². The molecule has 0 bridgehead atoms. The van der Waals surface area contributed by atoms with Crippen molar-refractivity contribution < 1.29 is 42.1 Å². The van der Waals surface area contributed by atoms with E-state index in [0.717, 1.165) is 43.7 Å². The lowest BCUT2D eigenvalue weighted by Crippen LogP contribution is -2.41. The van der Waals surface area contributed by atoms with E-state index in [1.807, 2.05) is 0 Å². The van der Waals surface area contributed by atoms with E-state index < -0.39 is 30.2 Å². The molecule has 8 nitrogen and oxygen atoms in total. The van der Waals surface area contributed by atoms with Gasteiger partial charge in [-0.25, -0.2) is 9.59 Å². The number of anilines is 1. The number of carboxylic acid groups (broad SMARTS) is 1. The molecule has 1 atom stereocenters. The summed E-state index contributed by atoms with van der Waals surface area (Å²) in [6.07, 6.45) is -0.309. The van der Waals surface area contributed by atoms with E-state index in [1.54, 1.807) is 36.1 Å². The molecule has 0 radical (unpaired) electrons. The van der Waals surface area contributed by atoms with Crippen molar-refractivity contribution >= 4 is 17.7 Å². The van der Waals surface area contributed by atoms with Crippen LogP contribution < -0.4 is 14.8 Å². The topological polar surface area (TPSA) is 97.3 Å². The van der Waals surface area contributed by atoms with Crippen LogP contribution in [0.2, 0.25) is 0 Å². The number of amides is 2. The van der Waals surface area contributed by atoms with Crippen molar-refractivity contribution in [3.63, 3.8) is 0 Å². The molecule has 0 aliphatic heterocycles. The fourth-order valence-corrected chi connectivity index (χ4v) is 4.56. The molecule has 2 amide bonds. The number of ether oxygens (including phenoxy) is 3. The lowest BCUT2D eigenvalue weighted by atomic mass is 9.89. The molecule has 214 valence electrons. The first-order valence-corrected chi connectivity index (χ1v) is 13.1. The van der Waals surface area contributed by atoms with Crippen LogP contribution in [0.25, 0.3) is 0 Å². The first-order valence-electron chi connectivity index (χ1n) is 13.1. The van der Waals surface area contributed by atoms with Crippen molar-refractivity contribution in [3.8, 4) is 11.5 Å². The number of para-hydroxylation sites is 2. The number of rotatable bonds is 13. The number of urea groups is 1. The lowest BCUT2D eigenvalue weighted by Gasteiger charge is -2.30. The van der Waals surface area contributed by atoms with Gasteiger partial charge in [-0.3, -0.25) is 0 Å². The van der Waals surface area contributed by atoms with Gasteiger partial charge in [-0.1, -0.05) is 43.5 Å². The first-order chi connectivity index (χ1) is 18.6. The maximum atomic E-state index is 13.2. The van der Waals surface area contributed by atoms with E-state index in [4.69, 9.17) is 9.47 Å². The number of carboxylic acids is 1. The third-order valence-electron chi connectivity index (χ3n) is 6.46. The zero-order valence-electron chi connectivity index (χ0n) is 21.9. The van der Waals surface area contributed by atoms with Gasteiger partial charge in [0.25, 0.3) is 0 Å². The van der Waals surface area contributed by atoms with Crippen LogP contribution in [-0.2, 0) is 16.0 Å². The molecule has 1 fully saturated rings.